The van der Waals surface area contributed by atoms with Crippen molar-refractivity contribution in [2.45, 2.75) is 67.2 Å². The molecule has 0 saturated heterocycles. The third-order valence-electron chi connectivity index (χ3n) is 2.64. The predicted octanol–water partition coefficient (Wildman–Crippen LogP) is 5.69. The van der Waals surface area contributed by atoms with Crippen LogP contribution in [0.1, 0.15) is 67.5 Å². The fraction of sp³-hybridized carbons (Fsp3) is 0.625. The fourth-order valence-electron chi connectivity index (χ4n) is 1.57. The van der Waals surface area contributed by atoms with E-state index in [2.05, 4.69) is 20.8 Å². The molecule has 0 aliphatic rings. The summed E-state index contributed by atoms with van der Waals surface area (Å²) in [6.07, 6.45) is 0. The zero-order chi connectivity index (χ0) is 11.9. The molecule has 0 atom stereocenters. The normalized spacial score (nSPS) is 11.5. The van der Waals surface area contributed by atoms with Crippen LogP contribution in [0.25, 0.3) is 0 Å². The molecule has 1 aromatic carbocycles. The molecule has 0 unspecified atom stereocenters. The molecule has 0 aromatic heterocycles. The Bertz CT molecular complexity index is 351. The van der Waals surface area contributed by atoms with Crippen molar-refractivity contribution < 1.29 is 4.39 Å². The van der Waals surface area contributed by atoms with Gasteiger partial charge in [0.15, 0.2) is 0 Å². The van der Waals surface area contributed by atoms with Gasteiger partial charge in [0, 0.05) is 0 Å². The van der Waals surface area contributed by atoms with Crippen LogP contribution in [0, 0.1) is 5.82 Å². The van der Waals surface area contributed by atoms with Gasteiger partial charge in [-0.3, -0.25) is 0 Å². The molecule has 0 N–H and O–H groups in total. The lowest BCUT2D eigenvalue weighted by Gasteiger charge is -2.25. The Morgan fingerprint density at radius 3 is 1.65 bits per heavy atom. The highest BCUT2D eigenvalue weighted by molar-refractivity contribution is 5.33. The van der Waals surface area contributed by atoms with Crippen LogP contribution in [0.3, 0.4) is 0 Å². The summed E-state index contributed by atoms with van der Waals surface area (Å²) in [4.78, 5) is 0. The first-order chi connectivity index (χ1) is 6.62. The SMILES string of the molecule is C.C.CC(C)(C)c1ccc(F)c(C(C)(C)C)c1. The third-order valence-corrected chi connectivity index (χ3v) is 2.64. The Morgan fingerprint density at radius 2 is 1.29 bits per heavy atom. The van der Waals surface area contributed by atoms with Gasteiger partial charge in [-0.2, -0.15) is 0 Å². The molecule has 1 aromatic rings. The summed E-state index contributed by atoms with van der Waals surface area (Å²) in [7, 11) is 0. The molecule has 0 spiro atoms. The van der Waals surface area contributed by atoms with Gasteiger partial charge in [0.05, 0.1) is 0 Å². The lowest BCUT2D eigenvalue weighted by Crippen LogP contribution is -2.17. The van der Waals surface area contributed by atoms with E-state index >= 15 is 0 Å². The van der Waals surface area contributed by atoms with Crippen molar-refractivity contribution in [3.05, 3.63) is 35.1 Å². The molecule has 0 radical (unpaired) electrons. The Kier molecular flexibility index (Phi) is 6.16. The molecule has 0 saturated carbocycles. The molecular formula is C16H29F. The largest absolute Gasteiger partial charge is 0.207 e. The van der Waals surface area contributed by atoms with Crippen LogP contribution >= 0.6 is 0 Å². The van der Waals surface area contributed by atoms with E-state index in [4.69, 9.17) is 0 Å². The van der Waals surface area contributed by atoms with Crippen molar-refractivity contribution in [3.8, 4) is 0 Å². The zero-order valence-corrected chi connectivity index (χ0v) is 10.6. The van der Waals surface area contributed by atoms with Crippen molar-refractivity contribution in [3.63, 3.8) is 0 Å². The molecule has 0 aliphatic carbocycles. The summed E-state index contributed by atoms with van der Waals surface area (Å²) in [5.74, 6) is -0.101. The molecule has 0 heterocycles. The number of benzene rings is 1. The average molecular weight is 240 g/mol. The van der Waals surface area contributed by atoms with Gasteiger partial charge in [-0.15, -0.1) is 0 Å². The van der Waals surface area contributed by atoms with Gasteiger partial charge in [0.2, 0.25) is 0 Å². The lowest BCUT2D eigenvalue weighted by molar-refractivity contribution is 0.515. The summed E-state index contributed by atoms with van der Waals surface area (Å²) < 4.78 is 13.7. The summed E-state index contributed by atoms with van der Waals surface area (Å²) in [5, 5.41) is 0. The minimum absolute atomic E-state index is 0. The quantitative estimate of drug-likeness (QED) is 0.546. The first-order valence-corrected chi connectivity index (χ1v) is 5.43. The van der Waals surface area contributed by atoms with E-state index in [0.717, 1.165) is 5.56 Å². The van der Waals surface area contributed by atoms with Crippen LogP contribution < -0.4 is 0 Å². The molecule has 0 bridgehead atoms. The van der Waals surface area contributed by atoms with Crippen LogP contribution in [0.2, 0.25) is 0 Å². The van der Waals surface area contributed by atoms with Gasteiger partial charge in [-0.1, -0.05) is 68.5 Å². The number of hydrogen-bond donors (Lipinski definition) is 0. The van der Waals surface area contributed by atoms with Gasteiger partial charge in [-0.05, 0) is 28.0 Å². The third kappa shape index (κ3) is 4.49. The molecule has 17 heavy (non-hydrogen) atoms. The van der Waals surface area contributed by atoms with Gasteiger partial charge in [0.25, 0.3) is 0 Å². The van der Waals surface area contributed by atoms with E-state index in [1.54, 1.807) is 6.07 Å². The van der Waals surface area contributed by atoms with Crippen molar-refractivity contribution in [1.82, 2.24) is 0 Å². The van der Waals surface area contributed by atoms with Crippen LogP contribution in [-0.2, 0) is 10.8 Å². The van der Waals surface area contributed by atoms with E-state index in [0.29, 0.717) is 0 Å². The first kappa shape index (κ1) is 18.5. The Balaban J connectivity index is 0. The fourth-order valence-corrected chi connectivity index (χ4v) is 1.57. The second kappa shape index (κ2) is 5.66. The monoisotopic (exact) mass is 240 g/mol. The van der Waals surface area contributed by atoms with E-state index in [1.165, 1.54) is 5.56 Å². The minimum atomic E-state index is -0.134. The van der Waals surface area contributed by atoms with Gasteiger partial charge < -0.3 is 0 Å². The smallest absolute Gasteiger partial charge is 0.126 e. The molecular weight excluding hydrogens is 211 g/mol. The van der Waals surface area contributed by atoms with Gasteiger partial charge in [-0.25, -0.2) is 4.39 Å². The summed E-state index contributed by atoms with van der Waals surface area (Å²) in [6.45, 7) is 12.6. The number of rotatable bonds is 0. The van der Waals surface area contributed by atoms with E-state index in [1.807, 2.05) is 32.9 Å². The molecule has 1 heteroatoms. The van der Waals surface area contributed by atoms with E-state index in [-0.39, 0.29) is 31.5 Å². The number of hydrogen-bond acceptors (Lipinski definition) is 0. The average Bonchev–Trinajstić information content (AvgIpc) is 2.00. The second-order valence-corrected chi connectivity index (χ2v) is 6.19. The lowest BCUT2D eigenvalue weighted by atomic mass is 9.80. The first-order valence-electron chi connectivity index (χ1n) is 5.43. The maximum absolute atomic E-state index is 13.7. The van der Waals surface area contributed by atoms with Crippen molar-refractivity contribution >= 4 is 0 Å². The van der Waals surface area contributed by atoms with E-state index in [9.17, 15) is 4.39 Å². The van der Waals surface area contributed by atoms with Crippen molar-refractivity contribution in [2.24, 2.45) is 0 Å². The van der Waals surface area contributed by atoms with E-state index < -0.39 is 0 Å². The van der Waals surface area contributed by atoms with Crippen molar-refractivity contribution in [2.75, 3.05) is 0 Å². The predicted molar refractivity (Wildman–Crippen MR) is 77.3 cm³/mol. The summed E-state index contributed by atoms with van der Waals surface area (Å²) in [5.41, 5.74) is 1.93. The van der Waals surface area contributed by atoms with Crippen molar-refractivity contribution in [1.29, 1.82) is 0 Å². The highest BCUT2D eigenvalue weighted by Gasteiger charge is 2.22. The zero-order valence-electron chi connectivity index (χ0n) is 10.6. The summed E-state index contributed by atoms with van der Waals surface area (Å²) in [6, 6.07) is 5.46. The maximum atomic E-state index is 13.7. The molecule has 1 rings (SSSR count). The topological polar surface area (TPSA) is 0 Å². The second-order valence-electron chi connectivity index (χ2n) is 6.19. The van der Waals surface area contributed by atoms with Crippen LogP contribution in [0.15, 0.2) is 18.2 Å². The molecule has 0 amide bonds. The summed E-state index contributed by atoms with van der Waals surface area (Å²) >= 11 is 0. The van der Waals surface area contributed by atoms with Crippen LogP contribution in [-0.4, -0.2) is 0 Å². The Morgan fingerprint density at radius 1 is 0.824 bits per heavy atom. The highest BCUT2D eigenvalue weighted by Crippen LogP contribution is 2.30. The van der Waals surface area contributed by atoms with Gasteiger partial charge in [0.1, 0.15) is 5.82 Å². The van der Waals surface area contributed by atoms with Gasteiger partial charge >= 0.3 is 0 Å². The maximum Gasteiger partial charge on any atom is 0.126 e. The molecule has 0 aliphatic heterocycles. The molecule has 100 valence electrons. The molecule has 0 nitrogen and oxygen atoms in total. The Hall–Kier alpha value is -0.850. The standard InChI is InChI=1S/C14H21F.2CH4/c1-13(2,3)10-7-8-12(15)11(9-10)14(4,5)6;;/h7-9H,1-6H3;2*1H4. The number of halogens is 1. The highest BCUT2D eigenvalue weighted by atomic mass is 19.1. The minimum Gasteiger partial charge on any atom is -0.207 e. The van der Waals surface area contributed by atoms with Crippen LogP contribution in [0.5, 0.6) is 0 Å². The Labute approximate surface area is 107 Å². The van der Waals surface area contributed by atoms with Crippen LogP contribution in [0.4, 0.5) is 4.39 Å². The molecule has 0 fully saturated rings.